The molecule has 1 saturated carbocycles. The molecule has 6 nitrogen and oxygen atoms in total. The van der Waals surface area contributed by atoms with Gasteiger partial charge in [-0.1, -0.05) is 42.1 Å². The number of sulfone groups is 1. The van der Waals surface area contributed by atoms with E-state index < -0.39 is 9.84 Å². The molecule has 2 aliphatic rings. The Morgan fingerprint density at radius 1 is 1.06 bits per heavy atom. The van der Waals surface area contributed by atoms with E-state index in [-0.39, 0.29) is 35.2 Å². The Kier molecular flexibility index (Phi) is 6.29. The summed E-state index contributed by atoms with van der Waals surface area (Å²) in [6.45, 7) is 4.19. The van der Waals surface area contributed by atoms with Crippen LogP contribution in [0.4, 0.5) is 0 Å². The van der Waals surface area contributed by atoms with Gasteiger partial charge in [-0.3, -0.25) is 9.36 Å². The molecule has 0 N–H and O–H groups in total. The number of aromatic nitrogens is 2. The molecular formula is C26H29N3O3S2. The van der Waals surface area contributed by atoms with Crippen LogP contribution in [0.1, 0.15) is 30.4 Å². The van der Waals surface area contributed by atoms with Crippen LogP contribution in [0.5, 0.6) is 0 Å². The minimum Gasteiger partial charge on any atom is -0.335 e. The Hall–Kier alpha value is -2.58. The average Bonchev–Trinajstić information content (AvgIpc) is 3.45. The second kappa shape index (κ2) is 9.23. The number of benzene rings is 2. The second-order valence-corrected chi connectivity index (χ2v) is 12.5. The standard InChI is InChI=1S/C26H29N3O3S2/c1-18-8-9-20(14-19(18)2)24-15-28(21-6-4-3-5-7-21)26(27-24)33-16-25(30)29(22-10-11-22)23-12-13-34(31,32)17-23/h3-9,14-15,22-23H,10-13,16-17H2,1-2H3/t23-/m1/s1. The first kappa shape index (κ1) is 23.2. The highest BCUT2D eigenvalue weighted by Crippen LogP contribution is 2.34. The predicted octanol–water partition coefficient (Wildman–Crippen LogP) is 4.43. The van der Waals surface area contributed by atoms with Crippen molar-refractivity contribution >= 4 is 27.5 Å². The van der Waals surface area contributed by atoms with Crippen LogP contribution in [0.25, 0.3) is 16.9 Å². The van der Waals surface area contributed by atoms with Crippen LogP contribution in [0.3, 0.4) is 0 Å². The Labute approximate surface area is 205 Å². The Morgan fingerprint density at radius 2 is 1.82 bits per heavy atom. The summed E-state index contributed by atoms with van der Waals surface area (Å²) in [5, 5.41) is 0.752. The van der Waals surface area contributed by atoms with Crippen molar-refractivity contribution in [1.29, 1.82) is 0 Å². The second-order valence-electron chi connectivity index (χ2n) is 9.29. The van der Waals surface area contributed by atoms with Crippen molar-refractivity contribution < 1.29 is 13.2 Å². The molecule has 0 unspecified atom stereocenters. The van der Waals surface area contributed by atoms with E-state index in [1.54, 1.807) is 0 Å². The van der Waals surface area contributed by atoms with Crippen LogP contribution < -0.4 is 0 Å². The van der Waals surface area contributed by atoms with Crippen molar-refractivity contribution in [2.75, 3.05) is 17.3 Å². The van der Waals surface area contributed by atoms with Crippen LogP contribution in [0.15, 0.2) is 59.9 Å². The largest absolute Gasteiger partial charge is 0.335 e. The van der Waals surface area contributed by atoms with E-state index in [1.165, 1.54) is 22.9 Å². The highest BCUT2D eigenvalue weighted by molar-refractivity contribution is 7.99. The maximum atomic E-state index is 13.3. The van der Waals surface area contributed by atoms with Crippen LogP contribution in [0.2, 0.25) is 0 Å². The molecule has 1 atom stereocenters. The van der Waals surface area contributed by atoms with Crippen LogP contribution in [-0.4, -0.2) is 58.1 Å². The van der Waals surface area contributed by atoms with Gasteiger partial charge in [-0.05, 0) is 62.4 Å². The third-order valence-electron chi connectivity index (χ3n) is 6.67. The summed E-state index contributed by atoms with van der Waals surface area (Å²) in [4.78, 5) is 20.0. The molecule has 0 spiro atoms. The predicted molar refractivity (Wildman–Crippen MR) is 136 cm³/mol. The lowest BCUT2D eigenvalue weighted by atomic mass is 10.0. The number of carbonyl (C=O) groups is 1. The van der Waals surface area contributed by atoms with E-state index >= 15 is 0 Å². The smallest absolute Gasteiger partial charge is 0.233 e. The molecule has 0 radical (unpaired) electrons. The van der Waals surface area contributed by atoms with Gasteiger partial charge in [0, 0.05) is 29.5 Å². The number of amides is 1. The lowest BCUT2D eigenvalue weighted by Crippen LogP contribution is -2.43. The van der Waals surface area contributed by atoms with Gasteiger partial charge >= 0.3 is 0 Å². The number of para-hydroxylation sites is 1. The molecule has 5 rings (SSSR count). The maximum absolute atomic E-state index is 13.3. The van der Waals surface area contributed by atoms with Gasteiger partial charge in [0.2, 0.25) is 5.91 Å². The Balaban J connectivity index is 1.40. The molecule has 3 aromatic rings. The maximum Gasteiger partial charge on any atom is 0.233 e. The summed E-state index contributed by atoms with van der Waals surface area (Å²) < 4.78 is 26.1. The number of thioether (sulfide) groups is 1. The molecule has 1 saturated heterocycles. The summed E-state index contributed by atoms with van der Waals surface area (Å²) in [7, 11) is -3.04. The summed E-state index contributed by atoms with van der Waals surface area (Å²) in [5.74, 6) is 0.516. The summed E-state index contributed by atoms with van der Waals surface area (Å²) in [6.07, 6.45) is 4.49. The fourth-order valence-corrected chi connectivity index (χ4v) is 7.11. The quantitative estimate of drug-likeness (QED) is 0.454. The van der Waals surface area contributed by atoms with Crippen LogP contribution >= 0.6 is 11.8 Å². The monoisotopic (exact) mass is 495 g/mol. The van der Waals surface area contributed by atoms with Crippen molar-refractivity contribution in [3.63, 3.8) is 0 Å². The molecule has 1 aliphatic heterocycles. The third-order valence-corrected chi connectivity index (χ3v) is 9.35. The Morgan fingerprint density at radius 3 is 2.47 bits per heavy atom. The van der Waals surface area contributed by atoms with Crippen LogP contribution in [-0.2, 0) is 14.6 Å². The number of hydrogen-bond acceptors (Lipinski definition) is 5. The highest BCUT2D eigenvalue weighted by atomic mass is 32.2. The molecule has 8 heteroatoms. The van der Waals surface area contributed by atoms with E-state index in [4.69, 9.17) is 4.98 Å². The molecule has 0 bridgehead atoms. The number of carbonyl (C=O) groups excluding carboxylic acids is 1. The first-order valence-corrected chi connectivity index (χ1v) is 14.5. The average molecular weight is 496 g/mol. The normalized spacial score (nSPS) is 19.3. The van der Waals surface area contributed by atoms with E-state index in [2.05, 4.69) is 32.0 Å². The van der Waals surface area contributed by atoms with E-state index in [1.807, 2.05) is 46.0 Å². The SMILES string of the molecule is Cc1ccc(-c2cn(-c3ccccc3)c(SCC(=O)N(C3CC3)[C@@H]3CCS(=O)(=O)C3)n2)cc1C. The van der Waals surface area contributed by atoms with Gasteiger partial charge in [0.25, 0.3) is 0 Å². The molecule has 34 heavy (non-hydrogen) atoms. The van der Waals surface area contributed by atoms with Crippen molar-refractivity contribution in [3.05, 3.63) is 65.9 Å². The summed E-state index contributed by atoms with van der Waals surface area (Å²) >= 11 is 1.42. The number of rotatable bonds is 7. The Bertz CT molecular complexity index is 1310. The third kappa shape index (κ3) is 4.93. The van der Waals surface area contributed by atoms with Gasteiger partial charge in [0.1, 0.15) is 0 Å². The molecule has 1 amide bonds. The summed E-state index contributed by atoms with van der Waals surface area (Å²) in [6, 6.07) is 16.3. The number of imidazole rings is 1. The fourth-order valence-electron chi connectivity index (χ4n) is 4.53. The lowest BCUT2D eigenvalue weighted by Gasteiger charge is -2.28. The van der Waals surface area contributed by atoms with Gasteiger partial charge in [-0.25, -0.2) is 13.4 Å². The molecule has 2 fully saturated rings. The van der Waals surface area contributed by atoms with Crippen LogP contribution in [0, 0.1) is 13.8 Å². The van der Waals surface area contributed by atoms with Gasteiger partial charge in [0.15, 0.2) is 15.0 Å². The van der Waals surface area contributed by atoms with Gasteiger partial charge < -0.3 is 4.90 Å². The zero-order chi connectivity index (χ0) is 23.9. The van der Waals surface area contributed by atoms with Crippen molar-refractivity contribution in [2.45, 2.75) is 50.4 Å². The van der Waals surface area contributed by atoms with E-state index in [9.17, 15) is 13.2 Å². The zero-order valence-corrected chi connectivity index (χ0v) is 21.1. The molecule has 2 aromatic carbocycles. The van der Waals surface area contributed by atoms with E-state index in [0.29, 0.717) is 6.42 Å². The molecular weight excluding hydrogens is 466 g/mol. The molecule has 178 valence electrons. The first-order chi connectivity index (χ1) is 16.3. The van der Waals surface area contributed by atoms with E-state index in [0.717, 1.165) is 34.9 Å². The topological polar surface area (TPSA) is 72.3 Å². The van der Waals surface area contributed by atoms with Gasteiger partial charge in [-0.15, -0.1) is 0 Å². The molecule has 2 heterocycles. The summed E-state index contributed by atoms with van der Waals surface area (Å²) in [5.41, 5.74) is 5.34. The number of hydrogen-bond donors (Lipinski definition) is 0. The van der Waals surface area contributed by atoms with Crippen molar-refractivity contribution in [2.24, 2.45) is 0 Å². The minimum atomic E-state index is -3.04. The highest BCUT2D eigenvalue weighted by Gasteiger charge is 2.42. The minimum absolute atomic E-state index is 0.00458. The lowest BCUT2D eigenvalue weighted by molar-refractivity contribution is -0.130. The van der Waals surface area contributed by atoms with Gasteiger partial charge in [0.05, 0.1) is 23.0 Å². The zero-order valence-electron chi connectivity index (χ0n) is 19.5. The van der Waals surface area contributed by atoms with Crippen molar-refractivity contribution in [1.82, 2.24) is 14.5 Å². The molecule has 1 aromatic heterocycles. The number of nitrogens with zero attached hydrogens (tertiary/aromatic N) is 3. The molecule has 1 aliphatic carbocycles. The van der Waals surface area contributed by atoms with Gasteiger partial charge in [-0.2, -0.15) is 0 Å². The fraction of sp³-hybridized carbons (Fsp3) is 0.385. The van der Waals surface area contributed by atoms with Crippen molar-refractivity contribution in [3.8, 4) is 16.9 Å². The first-order valence-electron chi connectivity index (χ1n) is 11.7. The number of aryl methyl sites for hydroxylation is 2.